The molecule has 7 heteroatoms. The fraction of sp³-hybridized carbons (Fsp3) is 0.364. The van der Waals surface area contributed by atoms with Crippen molar-refractivity contribution < 1.29 is 4.79 Å². The molecule has 2 aromatic heterocycles. The molecule has 7 nitrogen and oxygen atoms in total. The molecule has 1 atom stereocenters. The summed E-state index contributed by atoms with van der Waals surface area (Å²) in [7, 11) is 0. The van der Waals surface area contributed by atoms with E-state index < -0.39 is 0 Å². The fourth-order valence-electron chi connectivity index (χ4n) is 4.38. The topological polar surface area (TPSA) is 78.0 Å². The van der Waals surface area contributed by atoms with E-state index in [9.17, 15) is 4.79 Å². The number of anilines is 1. The molecule has 1 aromatic carbocycles. The predicted octanol–water partition coefficient (Wildman–Crippen LogP) is 3.44. The quantitative estimate of drug-likeness (QED) is 0.741. The molecule has 2 aliphatic heterocycles. The molecule has 4 heterocycles. The number of carbonyl (C=O) groups is 1. The number of rotatable bonds is 4. The molecule has 1 N–H and O–H groups in total. The number of nitrogens with one attached hydrogen (secondary N) is 1. The number of hydrogen-bond donors (Lipinski definition) is 1. The summed E-state index contributed by atoms with van der Waals surface area (Å²) in [6.07, 6.45) is 7.89. The van der Waals surface area contributed by atoms with Gasteiger partial charge in [-0.25, -0.2) is 9.97 Å². The minimum absolute atomic E-state index is 0.0228. The van der Waals surface area contributed by atoms with E-state index in [0.29, 0.717) is 0 Å². The largest absolute Gasteiger partial charge is 0.341 e. The summed E-state index contributed by atoms with van der Waals surface area (Å²) in [4.78, 5) is 26.5. The van der Waals surface area contributed by atoms with E-state index in [-0.39, 0.29) is 11.9 Å². The van der Waals surface area contributed by atoms with Crippen LogP contribution in [0.2, 0.25) is 0 Å². The summed E-state index contributed by atoms with van der Waals surface area (Å²) < 4.78 is 0. The Morgan fingerprint density at radius 3 is 2.69 bits per heavy atom. The van der Waals surface area contributed by atoms with Crippen molar-refractivity contribution in [1.29, 1.82) is 0 Å². The number of nitrogens with zero attached hydrogens (tertiary/aromatic N) is 5. The average Bonchev–Trinajstić information content (AvgIpc) is 3.55. The second-order valence-corrected chi connectivity index (χ2v) is 7.66. The van der Waals surface area contributed by atoms with Crippen molar-refractivity contribution in [3.63, 3.8) is 0 Å². The molecule has 0 bridgehead atoms. The molecular weight excluding hydrogens is 364 g/mol. The molecule has 29 heavy (non-hydrogen) atoms. The van der Waals surface area contributed by atoms with Crippen LogP contribution in [0, 0.1) is 0 Å². The summed E-state index contributed by atoms with van der Waals surface area (Å²) in [6.45, 7) is 2.76. The summed E-state index contributed by atoms with van der Waals surface area (Å²) in [5.41, 5.74) is 3.48. The Kier molecular flexibility index (Phi) is 4.71. The minimum Gasteiger partial charge on any atom is -0.341 e. The lowest BCUT2D eigenvalue weighted by Crippen LogP contribution is -2.31. The van der Waals surface area contributed by atoms with Crippen LogP contribution in [0.3, 0.4) is 0 Å². The molecule has 2 saturated heterocycles. The van der Waals surface area contributed by atoms with Crippen LogP contribution in [0.5, 0.6) is 0 Å². The molecule has 1 unspecified atom stereocenters. The Morgan fingerprint density at radius 2 is 1.86 bits per heavy atom. The maximum absolute atomic E-state index is 13.1. The van der Waals surface area contributed by atoms with Gasteiger partial charge in [-0.1, -0.05) is 18.2 Å². The van der Waals surface area contributed by atoms with Crippen molar-refractivity contribution in [3.05, 3.63) is 60.0 Å². The van der Waals surface area contributed by atoms with Crippen molar-refractivity contribution in [3.8, 4) is 11.3 Å². The lowest BCUT2D eigenvalue weighted by Gasteiger charge is -2.25. The van der Waals surface area contributed by atoms with Gasteiger partial charge in [-0.05, 0) is 43.9 Å². The van der Waals surface area contributed by atoms with E-state index in [2.05, 4.69) is 20.1 Å². The predicted molar refractivity (Wildman–Crippen MR) is 111 cm³/mol. The lowest BCUT2D eigenvalue weighted by molar-refractivity contribution is 0.0733. The molecular formula is C22H24N6O. The molecule has 5 rings (SSSR count). The second kappa shape index (κ2) is 7.66. The highest BCUT2D eigenvalue weighted by Gasteiger charge is 2.33. The third kappa shape index (κ3) is 3.37. The number of aromatic amines is 1. The van der Waals surface area contributed by atoms with Gasteiger partial charge in [0, 0.05) is 37.0 Å². The van der Waals surface area contributed by atoms with E-state index in [1.807, 2.05) is 53.7 Å². The highest BCUT2D eigenvalue weighted by atomic mass is 16.2. The monoisotopic (exact) mass is 388 g/mol. The van der Waals surface area contributed by atoms with Gasteiger partial charge >= 0.3 is 0 Å². The highest BCUT2D eigenvalue weighted by Crippen LogP contribution is 2.37. The van der Waals surface area contributed by atoms with Gasteiger partial charge in [0.05, 0.1) is 23.6 Å². The number of H-pyrrole nitrogens is 1. The minimum atomic E-state index is -0.0228. The van der Waals surface area contributed by atoms with Gasteiger partial charge in [0.2, 0.25) is 5.95 Å². The van der Waals surface area contributed by atoms with Gasteiger partial charge in [-0.2, -0.15) is 5.10 Å². The van der Waals surface area contributed by atoms with Crippen LogP contribution in [0.25, 0.3) is 11.3 Å². The number of likely N-dealkylation sites (tertiary alicyclic amines) is 1. The van der Waals surface area contributed by atoms with Crippen molar-refractivity contribution in [2.75, 3.05) is 24.5 Å². The summed E-state index contributed by atoms with van der Waals surface area (Å²) in [6, 6.07) is 11.4. The molecule has 2 fully saturated rings. The zero-order valence-electron chi connectivity index (χ0n) is 16.3. The van der Waals surface area contributed by atoms with Gasteiger partial charge < -0.3 is 9.80 Å². The average molecular weight is 388 g/mol. The molecule has 148 valence electrons. The SMILES string of the molecule is O=C(c1ccccc1)N1CCCC1c1[nH]ncc1-c1ccnc(N2CCCC2)n1. The van der Waals surface area contributed by atoms with Crippen molar-refractivity contribution in [1.82, 2.24) is 25.1 Å². The van der Waals surface area contributed by atoms with Gasteiger partial charge in [0.25, 0.3) is 5.91 Å². The standard InChI is InChI=1S/C22H24N6O/c29-21(16-7-2-1-3-8-16)28-14-6-9-19(28)20-17(15-24-26-20)18-10-11-23-22(25-18)27-12-4-5-13-27/h1-3,7-8,10-11,15,19H,4-6,9,12-14H2,(H,24,26). The highest BCUT2D eigenvalue weighted by molar-refractivity contribution is 5.94. The number of hydrogen-bond acceptors (Lipinski definition) is 5. The van der Waals surface area contributed by atoms with Crippen molar-refractivity contribution >= 4 is 11.9 Å². The van der Waals surface area contributed by atoms with E-state index in [1.165, 1.54) is 12.8 Å². The second-order valence-electron chi connectivity index (χ2n) is 7.66. The lowest BCUT2D eigenvalue weighted by atomic mass is 10.0. The van der Waals surface area contributed by atoms with Crippen LogP contribution < -0.4 is 4.90 Å². The molecule has 3 aromatic rings. The summed E-state index contributed by atoms with van der Waals surface area (Å²) in [5, 5.41) is 7.45. The van der Waals surface area contributed by atoms with Crippen LogP contribution >= 0.6 is 0 Å². The summed E-state index contributed by atoms with van der Waals surface area (Å²) in [5.74, 6) is 0.838. The fourth-order valence-corrected chi connectivity index (χ4v) is 4.38. The number of benzene rings is 1. The van der Waals surface area contributed by atoms with Gasteiger partial charge in [0.1, 0.15) is 0 Å². The van der Waals surface area contributed by atoms with Crippen LogP contribution in [-0.4, -0.2) is 50.6 Å². The third-order valence-corrected chi connectivity index (χ3v) is 5.84. The Bertz CT molecular complexity index is 995. The van der Waals surface area contributed by atoms with E-state index in [4.69, 9.17) is 4.98 Å². The van der Waals surface area contributed by atoms with Crippen molar-refractivity contribution in [2.24, 2.45) is 0 Å². The van der Waals surface area contributed by atoms with E-state index >= 15 is 0 Å². The normalized spacial score (nSPS) is 19.1. The maximum atomic E-state index is 13.1. The summed E-state index contributed by atoms with van der Waals surface area (Å²) >= 11 is 0. The van der Waals surface area contributed by atoms with Crippen molar-refractivity contribution in [2.45, 2.75) is 31.7 Å². The Morgan fingerprint density at radius 1 is 1.03 bits per heavy atom. The Labute approximate surface area is 169 Å². The smallest absolute Gasteiger partial charge is 0.254 e. The third-order valence-electron chi connectivity index (χ3n) is 5.84. The molecule has 2 aliphatic rings. The first-order valence-corrected chi connectivity index (χ1v) is 10.3. The Balaban J connectivity index is 1.45. The molecule has 1 amide bonds. The number of aromatic nitrogens is 4. The van der Waals surface area contributed by atoms with Crippen LogP contribution in [-0.2, 0) is 0 Å². The van der Waals surface area contributed by atoms with E-state index in [0.717, 1.165) is 60.9 Å². The molecule has 0 saturated carbocycles. The zero-order valence-corrected chi connectivity index (χ0v) is 16.3. The van der Waals surface area contributed by atoms with Crippen LogP contribution in [0.4, 0.5) is 5.95 Å². The molecule has 0 aliphatic carbocycles. The zero-order chi connectivity index (χ0) is 19.6. The number of carbonyl (C=O) groups excluding carboxylic acids is 1. The van der Waals surface area contributed by atoms with Crippen LogP contribution in [0.1, 0.15) is 47.8 Å². The van der Waals surface area contributed by atoms with Gasteiger partial charge in [-0.3, -0.25) is 9.89 Å². The molecule has 0 spiro atoms. The first-order valence-electron chi connectivity index (χ1n) is 10.3. The Hall–Kier alpha value is -3.22. The first-order chi connectivity index (χ1) is 14.3. The van der Waals surface area contributed by atoms with E-state index in [1.54, 1.807) is 0 Å². The molecule has 0 radical (unpaired) electrons. The maximum Gasteiger partial charge on any atom is 0.254 e. The first kappa shape index (κ1) is 17.8. The van der Waals surface area contributed by atoms with Crippen LogP contribution in [0.15, 0.2) is 48.8 Å². The van der Waals surface area contributed by atoms with Gasteiger partial charge in [-0.15, -0.1) is 0 Å². The number of amides is 1. The van der Waals surface area contributed by atoms with Gasteiger partial charge in [0.15, 0.2) is 0 Å².